The van der Waals surface area contributed by atoms with Gasteiger partial charge >= 0.3 is 0 Å². The summed E-state index contributed by atoms with van der Waals surface area (Å²) in [5.41, 5.74) is 6.03. The van der Waals surface area contributed by atoms with E-state index in [-0.39, 0.29) is 0 Å². The van der Waals surface area contributed by atoms with Crippen LogP contribution in [0, 0.1) is 13.8 Å². The molecule has 0 radical (unpaired) electrons. The molecule has 21 heavy (non-hydrogen) atoms. The summed E-state index contributed by atoms with van der Waals surface area (Å²) in [6.45, 7) is 4.34. The van der Waals surface area contributed by atoms with Crippen molar-refractivity contribution in [1.29, 1.82) is 0 Å². The van der Waals surface area contributed by atoms with Gasteiger partial charge in [-0.25, -0.2) is 9.97 Å². The highest BCUT2D eigenvalue weighted by atomic mass is 79.9. The van der Waals surface area contributed by atoms with Crippen LogP contribution in [0.5, 0.6) is 0 Å². The zero-order valence-corrected chi connectivity index (χ0v) is 13.7. The van der Waals surface area contributed by atoms with Gasteiger partial charge in [-0.15, -0.1) is 0 Å². The van der Waals surface area contributed by atoms with Crippen molar-refractivity contribution in [2.75, 3.05) is 0 Å². The molecule has 4 rings (SSSR count). The van der Waals surface area contributed by atoms with Crippen LogP contribution in [-0.2, 0) is 6.42 Å². The molecule has 0 amide bonds. The Balaban J connectivity index is 1.94. The Morgan fingerprint density at radius 1 is 1.14 bits per heavy atom. The van der Waals surface area contributed by atoms with E-state index < -0.39 is 0 Å². The second kappa shape index (κ2) is 4.67. The minimum Gasteiger partial charge on any atom is -0.305 e. The second-order valence-corrected chi connectivity index (χ2v) is 6.60. The average Bonchev–Trinajstić information content (AvgIpc) is 3.01. The molecule has 3 aromatic rings. The number of imidazole rings is 1. The van der Waals surface area contributed by atoms with Gasteiger partial charge in [-0.1, -0.05) is 23.8 Å². The normalized spacial score (nSPS) is 17.4. The summed E-state index contributed by atoms with van der Waals surface area (Å²) in [5.74, 6) is 1.15. The third-order valence-electron chi connectivity index (χ3n) is 4.32. The Bertz CT molecular complexity index is 851. The number of aromatic nitrogens is 3. The van der Waals surface area contributed by atoms with Gasteiger partial charge in [0.25, 0.3) is 0 Å². The molecule has 0 aliphatic carbocycles. The summed E-state index contributed by atoms with van der Waals surface area (Å²) >= 11 is 3.48. The Morgan fingerprint density at radius 2 is 2.00 bits per heavy atom. The maximum atomic E-state index is 4.74. The van der Waals surface area contributed by atoms with E-state index in [4.69, 9.17) is 4.98 Å². The highest BCUT2D eigenvalue weighted by Crippen LogP contribution is 2.36. The predicted octanol–water partition coefficient (Wildman–Crippen LogP) is 4.35. The zero-order valence-electron chi connectivity index (χ0n) is 12.1. The van der Waals surface area contributed by atoms with Gasteiger partial charge in [0, 0.05) is 6.42 Å². The summed E-state index contributed by atoms with van der Waals surface area (Å²) in [6.07, 6.45) is 2.13. The lowest BCUT2D eigenvalue weighted by Gasteiger charge is -2.17. The van der Waals surface area contributed by atoms with E-state index in [2.05, 4.69) is 57.5 Å². The van der Waals surface area contributed by atoms with Crippen LogP contribution < -0.4 is 0 Å². The lowest BCUT2D eigenvalue weighted by atomic mass is 9.97. The van der Waals surface area contributed by atoms with E-state index in [9.17, 15) is 0 Å². The molecule has 0 spiro atoms. The van der Waals surface area contributed by atoms with Crippen LogP contribution in [0.1, 0.15) is 35.0 Å². The van der Waals surface area contributed by atoms with E-state index in [1.54, 1.807) is 0 Å². The van der Waals surface area contributed by atoms with E-state index >= 15 is 0 Å². The van der Waals surface area contributed by atoms with Crippen molar-refractivity contribution in [3.8, 4) is 0 Å². The first-order valence-corrected chi connectivity index (χ1v) is 8.03. The molecule has 0 saturated carbocycles. The molecule has 1 unspecified atom stereocenters. The van der Waals surface area contributed by atoms with E-state index in [1.165, 1.54) is 16.7 Å². The molecule has 0 N–H and O–H groups in total. The predicted molar refractivity (Wildman–Crippen MR) is 87.6 cm³/mol. The fraction of sp³-hybridized carbons (Fsp3) is 0.294. The highest BCUT2D eigenvalue weighted by molar-refractivity contribution is 9.10. The van der Waals surface area contributed by atoms with Gasteiger partial charge in [0.2, 0.25) is 0 Å². The van der Waals surface area contributed by atoms with Gasteiger partial charge in [0.15, 0.2) is 5.65 Å². The Kier molecular flexibility index (Phi) is 2.89. The van der Waals surface area contributed by atoms with E-state index in [0.29, 0.717) is 6.04 Å². The fourth-order valence-electron chi connectivity index (χ4n) is 3.31. The van der Waals surface area contributed by atoms with Crippen molar-refractivity contribution in [2.24, 2.45) is 0 Å². The molecule has 0 bridgehead atoms. The summed E-state index contributed by atoms with van der Waals surface area (Å²) < 4.78 is 3.19. The van der Waals surface area contributed by atoms with Gasteiger partial charge in [-0.2, -0.15) is 0 Å². The third-order valence-corrected chi connectivity index (χ3v) is 4.76. The molecule has 1 aliphatic heterocycles. The number of pyridine rings is 1. The lowest BCUT2D eigenvalue weighted by Crippen LogP contribution is -2.08. The van der Waals surface area contributed by atoms with Gasteiger partial charge in [0.05, 0.1) is 6.04 Å². The number of benzene rings is 1. The van der Waals surface area contributed by atoms with Crippen molar-refractivity contribution in [3.63, 3.8) is 0 Å². The Morgan fingerprint density at radius 3 is 2.86 bits per heavy atom. The number of hydrogen-bond donors (Lipinski definition) is 0. The number of rotatable bonds is 1. The quantitative estimate of drug-likeness (QED) is 0.616. The molecule has 1 aromatic carbocycles. The third kappa shape index (κ3) is 2.01. The molecule has 106 valence electrons. The second-order valence-electron chi connectivity index (χ2n) is 5.79. The van der Waals surface area contributed by atoms with Crippen LogP contribution in [-0.4, -0.2) is 14.5 Å². The average molecular weight is 342 g/mol. The van der Waals surface area contributed by atoms with Crippen molar-refractivity contribution in [1.82, 2.24) is 14.5 Å². The molecular weight excluding hydrogens is 326 g/mol. The molecule has 0 fully saturated rings. The topological polar surface area (TPSA) is 30.7 Å². The van der Waals surface area contributed by atoms with Crippen LogP contribution in [0.25, 0.3) is 11.2 Å². The molecule has 2 aromatic heterocycles. The number of fused-ring (bicyclic) bond motifs is 3. The van der Waals surface area contributed by atoms with Gasteiger partial charge in [0.1, 0.15) is 15.9 Å². The lowest BCUT2D eigenvalue weighted by molar-refractivity contribution is 0.628. The summed E-state index contributed by atoms with van der Waals surface area (Å²) in [6, 6.07) is 11.0. The molecule has 1 atom stereocenters. The maximum Gasteiger partial charge on any atom is 0.161 e. The van der Waals surface area contributed by atoms with E-state index in [0.717, 1.165) is 34.4 Å². The van der Waals surface area contributed by atoms with Crippen molar-refractivity contribution in [2.45, 2.75) is 32.7 Å². The van der Waals surface area contributed by atoms with Crippen molar-refractivity contribution < 1.29 is 0 Å². The fourth-order valence-corrected chi connectivity index (χ4v) is 3.61. The van der Waals surface area contributed by atoms with Crippen LogP contribution >= 0.6 is 15.9 Å². The summed E-state index contributed by atoms with van der Waals surface area (Å²) in [4.78, 5) is 9.39. The summed E-state index contributed by atoms with van der Waals surface area (Å²) in [7, 11) is 0. The van der Waals surface area contributed by atoms with Crippen molar-refractivity contribution >= 4 is 27.1 Å². The van der Waals surface area contributed by atoms with Gasteiger partial charge < -0.3 is 4.57 Å². The maximum absolute atomic E-state index is 4.74. The van der Waals surface area contributed by atoms with Crippen LogP contribution in [0.15, 0.2) is 34.9 Å². The smallest absolute Gasteiger partial charge is 0.161 e. The Hall–Kier alpha value is -1.68. The van der Waals surface area contributed by atoms with Gasteiger partial charge in [-0.05, 0) is 59.5 Å². The molecule has 4 heteroatoms. The molecule has 3 heterocycles. The molecular formula is C17H16BrN3. The first-order valence-electron chi connectivity index (χ1n) is 7.24. The van der Waals surface area contributed by atoms with Crippen molar-refractivity contribution in [3.05, 3.63) is 57.4 Å². The monoisotopic (exact) mass is 341 g/mol. The summed E-state index contributed by atoms with van der Waals surface area (Å²) in [5, 5.41) is 0. The standard InChI is InChI=1S/C17H16BrN3/c1-10-3-4-11(2)12(9-10)14-6-8-16-19-13-5-7-15(18)20-17(13)21(14)16/h3-5,7,9,14H,6,8H2,1-2H3. The SMILES string of the molecule is Cc1ccc(C)c(C2CCc3nc4ccc(Br)nc4n32)c1. The number of halogens is 1. The van der Waals surface area contributed by atoms with E-state index in [1.807, 2.05) is 12.1 Å². The first kappa shape index (κ1) is 13.0. The van der Waals surface area contributed by atoms with Crippen LogP contribution in [0.3, 0.4) is 0 Å². The van der Waals surface area contributed by atoms with Crippen LogP contribution in [0.4, 0.5) is 0 Å². The highest BCUT2D eigenvalue weighted by Gasteiger charge is 2.28. The molecule has 1 aliphatic rings. The van der Waals surface area contributed by atoms with Crippen LogP contribution in [0.2, 0.25) is 0 Å². The number of nitrogens with zero attached hydrogens (tertiary/aromatic N) is 3. The van der Waals surface area contributed by atoms with Gasteiger partial charge in [-0.3, -0.25) is 0 Å². The Labute approximate surface area is 132 Å². The number of hydrogen-bond acceptors (Lipinski definition) is 2. The number of aryl methyl sites for hydroxylation is 3. The first-order chi connectivity index (χ1) is 10.1. The molecule has 0 saturated heterocycles. The zero-order chi connectivity index (χ0) is 14.6. The largest absolute Gasteiger partial charge is 0.305 e. The molecule has 3 nitrogen and oxygen atoms in total. The minimum atomic E-state index is 0.353. The minimum absolute atomic E-state index is 0.353.